The van der Waals surface area contributed by atoms with E-state index in [-0.39, 0.29) is 18.1 Å². The molecule has 0 heterocycles. The van der Waals surface area contributed by atoms with E-state index in [4.69, 9.17) is 0 Å². The Balaban J connectivity index is 2.62. The fourth-order valence-electron chi connectivity index (χ4n) is 1.43. The number of hydrogen-bond donors (Lipinski definition) is 1. The molecule has 0 spiro atoms. The molecule has 17 heavy (non-hydrogen) atoms. The Bertz CT molecular complexity index is 392. The SMILES string of the molecule is CCN(CC)CC(=O)Nc1ccc(F)cc1F. The summed E-state index contributed by atoms with van der Waals surface area (Å²) in [5, 5.41) is 2.41. The average molecular weight is 242 g/mol. The number of carbonyl (C=O) groups is 1. The van der Waals surface area contributed by atoms with E-state index in [2.05, 4.69) is 5.32 Å². The Morgan fingerprint density at radius 1 is 1.29 bits per heavy atom. The predicted molar refractivity (Wildman–Crippen MR) is 62.8 cm³/mol. The Labute approximate surface area is 99.4 Å². The monoisotopic (exact) mass is 242 g/mol. The summed E-state index contributed by atoms with van der Waals surface area (Å²) in [5.74, 6) is -1.73. The lowest BCUT2D eigenvalue weighted by molar-refractivity contribution is -0.117. The summed E-state index contributed by atoms with van der Waals surface area (Å²) in [7, 11) is 0. The van der Waals surface area contributed by atoms with Gasteiger partial charge in [0.15, 0.2) is 0 Å². The van der Waals surface area contributed by atoms with Gasteiger partial charge in [0.25, 0.3) is 0 Å². The predicted octanol–water partition coefficient (Wildman–Crippen LogP) is 2.25. The molecular weight excluding hydrogens is 226 g/mol. The Morgan fingerprint density at radius 2 is 1.94 bits per heavy atom. The van der Waals surface area contributed by atoms with Crippen LogP contribution in [-0.2, 0) is 4.79 Å². The van der Waals surface area contributed by atoms with Gasteiger partial charge in [0.05, 0.1) is 12.2 Å². The van der Waals surface area contributed by atoms with E-state index >= 15 is 0 Å². The standard InChI is InChI=1S/C12H16F2N2O/c1-3-16(4-2)8-12(17)15-11-6-5-9(13)7-10(11)14/h5-7H,3-4,8H2,1-2H3,(H,15,17). The summed E-state index contributed by atoms with van der Waals surface area (Å²) >= 11 is 0. The van der Waals surface area contributed by atoms with Crippen molar-refractivity contribution in [3.8, 4) is 0 Å². The smallest absolute Gasteiger partial charge is 0.238 e. The van der Waals surface area contributed by atoms with Crippen LogP contribution in [0.3, 0.4) is 0 Å². The highest BCUT2D eigenvalue weighted by Gasteiger charge is 2.10. The van der Waals surface area contributed by atoms with E-state index < -0.39 is 11.6 Å². The summed E-state index contributed by atoms with van der Waals surface area (Å²) in [6.45, 7) is 5.57. The zero-order valence-electron chi connectivity index (χ0n) is 9.96. The second kappa shape index (κ2) is 6.30. The summed E-state index contributed by atoms with van der Waals surface area (Å²) < 4.78 is 25.9. The normalized spacial score (nSPS) is 10.6. The van der Waals surface area contributed by atoms with Gasteiger partial charge >= 0.3 is 0 Å². The number of anilines is 1. The topological polar surface area (TPSA) is 32.3 Å². The minimum Gasteiger partial charge on any atom is -0.322 e. The maximum absolute atomic E-state index is 13.2. The van der Waals surface area contributed by atoms with Gasteiger partial charge in [-0.2, -0.15) is 0 Å². The third kappa shape index (κ3) is 4.11. The van der Waals surface area contributed by atoms with Crippen molar-refractivity contribution in [3.63, 3.8) is 0 Å². The van der Waals surface area contributed by atoms with Crippen molar-refractivity contribution in [2.24, 2.45) is 0 Å². The van der Waals surface area contributed by atoms with Gasteiger partial charge in [-0.1, -0.05) is 13.8 Å². The fourth-order valence-corrected chi connectivity index (χ4v) is 1.43. The van der Waals surface area contributed by atoms with Crippen LogP contribution in [0.5, 0.6) is 0 Å². The summed E-state index contributed by atoms with van der Waals surface area (Å²) in [5.41, 5.74) is 0.00329. The average Bonchev–Trinajstić information content (AvgIpc) is 2.29. The van der Waals surface area contributed by atoms with Gasteiger partial charge < -0.3 is 5.32 Å². The van der Waals surface area contributed by atoms with Crippen molar-refractivity contribution < 1.29 is 13.6 Å². The third-order valence-electron chi connectivity index (χ3n) is 2.47. The van der Waals surface area contributed by atoms with Crippen molar-refractivity contribution in [3.05, 3.63) is 29.8 Å². The van der Waals surface area contributed by atoms with Gasteiger partial charge in [0, 0.05) is 6.07 Å². The highest BCUT2D eigenvalue weighted by molar-refractivity contribution is 5.92. The number of nitrogens with zero attached hydrogens (tertiary/aromatic N) is 1. The molecule has 0 radical (unpaired) electrons. The van der Waals surface area contributed by atoms with Gasteiger partial charge in [-0.15, -0.1) is 0 Å². The quantitative estimate of drug-likeness (QED) is 0.858. The molecule has 0 aliphatic carbocycles. The van der Waals surface area contributed by atoms with Gasteiger partial charge in [-0.25, -0.2) is 8.78 Å². The summed E-state index contributed by atoms with van der Waals surface area (Å²) in [6, 6.07) is 3.06. The largest absolute Gasteiger partial charge is 0.322 e. The molecule has 0 aromatic heterocycles. The van der Waals surface area contributed by atoms with Crippen molar-refractivity contribution in [1.82, 2.24) is 4.90 Å². The number of likely N-dealkylation sites (N-methyl/N-ethyl adjacent to an activating group) is 1. The third-order valence-corrected chi connectivity index (χ3v) is 2.47. The second-order valence-corrected chi connectivity index (χ2v) is 3.63. The number of amides is 1. The minimum absolute atomic E-state index is 0.00329. The molecule has 1 aromatic carbocycles. The first-order valence-electron chi connectivity index (χ1n) is 5.54. The summed E-state index contributed by atoms with van der Waals surface area (Å²) in [4.78, 5) is 13.5. The molecule has 5 heteroatoms. The Morgan fingerprint density at radius 3 is 2.47 bits per heavy atom. The molecule has 0 fully saturated rings. The number of hydrogen-bond acceptors (Lipinski definition) is 2. The molecule has 1 N–H and O–H groups in total. The van der Waals surface area contributed by atoms with Crippen molar-refractivity contribution >= 4 is 11.6 Å². The first-order valence-corrected chi connectivity index (χ1v) is 5.54. The van der Waals surface area contributed by atoms with Crippen molar-refractivity contribution in [2.75, 3.05) is 25.0 Å². The van der Waals surface area contributed by atoms with Crippen LogP contribution in [0.1, 0.15) is 13.8 Å². The lowest BCUT2D eigenvalue weighted by atomic mass is 10.3. The van der Waals surface area contributed by atoms with Gasteiger partial charge in [-0.3, -0.25) is 9.69 Å². The van der Waals surface area contributed by atoms with E-state index in [9.17, 15) is 13.6 Å². The van der Waals surface area contributed by atoms with E-state index in [1.165, 1.54) is 6.07 Å². The van der Waals surface area contributed by atoms with Crippen LogP contribution in [0.4, 0.5) is 14.5 Å². The highest BCUT2D eigenvalue weighted by Crippen LogP contribution is 2.14. The maximum atomic E-state index is 13.2. The Kier molecular flexibility index (Phi) is 5.03. The number of rotatable bonds is 5. The van der Waals surface area contributed by atoms with Gasteiger partial charge in [0.2, 0.25) is 5.91 Å². The first-order chi connectivity index (χ1) is 8.06. The van der Waals surface area contributed by atoms with Gasteiger partial charge in [0.1, 0.15) is 11.6 Å². The molecule has 0 atom stereocenters. The second-order valence-electron chi connectivity index (χ2n) is 3.63. The van der Waals surface area contributed by atoms with Crippen LogP contribution in [0.25, 0.3) is 0 Å². The van der Waals surface area contributed by atoms with Crippen molar-refractivity contribution in [2.45, 2.75) is 13.8 Å². The lowest BCUT2D eigenvalue weighted by Gasteiger charge is -2.17. The molecule has 1 amide bonds. The molecule has 0 aliphatic rings. The van der Waals surface area contributed by atoms with Crippen LogP contribution in [0.15, 0.2) is 18.2 Å². The number of carbonyl (C=O) groups excluding carboxylic acids is 1. The van der Waals surface area contributed by atoms with E-state index in [0.29, 0.717) is 0 Å². The summed E-state index contributed by atoms with van der Waals surface area (Å²) in [6.07, 6.45) is 0. The van der Waals surface area contributed by atoms with Crippen molar-refractivity contribution in [1.29, 1.82) is 0 Å². The minimum atomic E-state index is -0.766. The lowest BCUT2D eigenvalue weighted by Crippen LogP contribution is -2.33. The van der Waals surface area contributed by atoms with Crippen LogP contribution >= 0.6 is 0 Å². The van der Waals surface area contributed by atoms with Crippen LogP contribution in [0.2, 0.25) is 0 Å². The first kappa shape index (κ1) is 13.6. The molecular formula is C12H16F2N2O. The molecule has 1 rings (SSSR count). The Hall–Kier alpha value is -1.49. The van der Waals surface area contributed by atoms with Crippen LogP contribution in [0, 0.1) is 11.6 Å². The molecule has 94 valence electrons. The van der Waals surface area contributed by atoms with Crippen LogP contribution < -0.4 is 5.32 Å². The molecule has 0 saturated heterocycles. The zero-order valence-corrected chi connectivity index (χ0v) is 9.96. The fraction of sp³-hybridized carbons (Fsp3) is 0.417. The molecule has 0 saturated carbocycles. The number of benzene rings is 1. The van der Waals surface area contributed by atoms with Crippen LogP contribution in [-0.4, -0.2) is 30.4 Å². The molecule has 1 aromatic rings. The molecule has 3 nitrogen and oxygen atoms in total. The molecule has 0 aliphatic heterocycles. The maximum Gasteiger partial charge on any atom is 0.238 e. The zero-order chi connectivity index (χ0) is 12.8. The molecule has 0 unspecified atom stereocenters. The number of nitrogens with one attached hydrogen (secondary N) is 1. The van der Waals surface area contributed by atoms with E-state index in [0.717, 1.165) is 25.2 Å². The number of halogens is 2. The highest BCUT2D eigenvalue weighted by atomic mass is 19.1. The van der Waals surface area contributed by atoms with Gasteiger partial charge in [-0.05, 0) is 25.2 Å². The van der Waals surface area contributed by atoms with E-state index in [1.54, 1.807) is 0 Å². The van der Waals surface area contributed by atoms with E-state index in [1.807, 2.05) is 18.7 Å². The molecule has 0 bridgehead atoms.